The number of aryl methyl sites for hydroxylation is 3. The normalized spacial score (nSPS) is 11.0. The van der Waals surface area contributed by atoms with E-state index < -0.39 is 0 Å². The molecule has 0 aliphatic carbocycles. The third kappa shape index (κ3) is 4.25. The molecule has 26 heavy (non-hydrogen) atoms. The molecule has 132 valence electrons. The van der Waals surface area contributed by atoms with Gasteiger partial charge in [-0.2, -0.15) is 10.2 Å². The Labute approximate surface area is 153 Å². The maximum Gasteiger partial charge on any atom is 0.271 e. The summed E-state index contributed by atoms with van der Waals surface area (Å²) in [4.78, 5) is 12.3. The van der Waals surface area contributed by atoms with Crippen molar-refractivity contribution in [1.82, 2.24) is 15.2 Å². The minimum Gasteiger partial charge on any atom is -0.267 e. The van der Waals surface area contributed by atoms with Crippen LogP contribution >= 0.6 is 0 Å². The summed E-state index contributed by atoms with van der Waals surface area (Å²) in [5.41, 5.74) is 8.36. The number of aromatic nitrogens is 2. The molecule has 1 N–H and O–H groups in total. The highest BCUT2D eigenvalue weighted by Crippen LogP contribution is 2.10. The van der Waals surface area contributed by atoms with E-state index >= 15 is 0 Å². The lowest BCUT2D eigenvalue weighted by Crippen LogP contribution is -2.18. The Bertz CT molecular complexity index is 956. The molecule has 0 saturated carbocycles. The Morgan fingerprint density at radius 1 is 1.12 bits per heavy atom. The maximum atomic E-state index is 12.3. The summed E-state index contributed by atoms with van der Waals surface area (Å²) in [7, 11) is 0. The number of hydrogen-bond donors (Lipinski definition) is 1. The second-order valence-corrected chi connectivity index (χ2v) is 6.34. The molecule has 0 bridgehead atoms. The summed E-state index contributed by atoms with van der Waals surface area (Å²) in [6.07, 6.45) is 1.66. The van der Waals surface area contributed by atoms with Crippen LogP contribution in [0.1, 0.15) is 38.4 Å². The highest BCUT2D eigenvalue weighted by Gasteiger charge is 2.07. The van der Waals surface area contributed by atoms with Gasteiger partial charge in [-0.15, -0.1) is 0 Å². The van der Waals surface area contributed by atoms with Crippen LogP contribution in [0, 0.1) is 20.8 Å². The standard InChI is InChI=1S/C21H22N4O/c1-15-7-4-5-9-20(15)13-22-23-21(26)19-10-6-8-18(12-19)14-25-17(3)11-16(2)24-25/h4-13H,14H2,1-3H3,(H,23,26)/b22-13+. The van der Waals surface area contributed by atoms with Crippen LogP contribution in [0.5, 0.6) is 0 Å². The predicted molar refractivity (Wildman–Crippen MR) is 103 cm³/mol. The van der Waals surface area contributed by atoms with Gasteiger partial charge < -0.3 is 0 Å². The summed E-state index contributed by atoms with van der Waals surface area (Å²) >= 11 is 0. The topological polar surface area (TPSA) is 59.3 Å². The zero-order valence-electron chi connectivity index (χ0n) is 15.2. The van der Waals surface area contributed by atoms with Gasteiger partial charge in [-0.3, -0.25) is 9.48 Å². The molecule has 5 heteroatoms. The number of amides is 1. The predicted octanol–water partition coefficient (Wildman–Crippen LogP) is 3.62. The lowest BCUT2D eigenvalue weighted by atomic mass is 10.1. The van der Waals surface area contributed by atoms with Crippen molar-refractivity contribution >= 4 is 12.1 Å². The molecule has 5 nitrogen and oxygen atoms in total. The Morgan fingerprint density at radius 2 is 1.92 bits per heavy atom. The SMILES string of the molecule is Cc1cc(C)n(Cc2cccc(C(=O)N/N=C/c3ccccc3C)c2)n1. The molecule has 0 radical (unpaired) electrons. The molecule has 0 fully saturated rings. The first-order valence-corrected chi connectivity index (χ1v) is 8.52. The van der Waals surface area contributed by atoms with Gasteiger partial charge in [-0.1, -0.05) is 36.4 Å². The number of benzene rings is 2. The Morgan fingerprint density at radius 3 is 2.65 bits per heavy atom. The Kier molecular flexibility index (Phi) is 5.27. The van der Waals surface area contributed by atoms with E-state index in [2.05, 4.69) is 15.6 Å². The fraction of sp³-hybridized carbons (Fsp3) is 0.190. The molecule has 0 aliphatic rings. The molecule has 0 aliphatic heterocycles. The van der Waals surface area contributed by atoms with Gasteiger partial charge in [-0.25, -0.2) is 5.43 Å². The number of carbonyl (C=O) groups excluding carboxylic acids is 1. The first kappa shape index (κ1) is 17.6. The van der Waals surface area contributed by atoms with Crippen molar-refractivity contribution in [2.45, 2.75) is 27.3 Å². The van der Waals surface area contributed by atoms with Crippen LogP contribution in [-0.2, 0) is 6.54 Å². The molecule has 1 amide bonds. The van der Waals surface area contributed by atoms with Gasteiger partial charge in [-0.05, 0) is 55.7 Å². The monoisotopic (exact) mass is 346 g/mol. The average molecular weight is 346 g/mol. The van der Waals surface area contributed by atoms with Crippen molar-refractivity contribution in [3.05, 3.63) is 88.2 Å². The molecular formula is C21H22N4O. The summed E-state index contributed by atoms with van der Waals surface area (Å²) in [5, 5.41) is 8.53. The first-order valence-electron chi connectivity index (χ1n) is 8.52. The van der Waals surface area contributed by atoms with Crippen LogP contribution < -0.4 is 5.43 Å². The van der Waals surface area contributed by atoms with Crippen LogP contribution in [0.25, 0.3) is 0 Å². The van der Waals surface area contributed by atoms with E-state index in [0.717, 1.165) is 28.1 Å². The third-order valence-electron chi connectivity index (χ3n) is 4.18. The van der Waals surface area contributed by atoms with E-state index in [1.807, 2.05) is 74.0 Å². The zero-order valence-corrected chi connectivity index (χ0v) is 15.2. The second-order valence-electron chi connectivity index (χ2n) is 6.34. The van der Waals surface area contributed by atoms with Gasteiger partial charge in [0.25, 0.3) is 5.91 Å². The van der Waals surface area contributed by atoms with Crippen LogP contribution in [-0.4, -0.2) is 21.9 Å². The molecule has 0 unspecified atom stereocenters. The minimum atomic E-state index is -0.231. The lowest BCUT2D eigenvalue weighted by Gasteiger charge is -2.07. The lowest BCUT2D eigenvalue weighted by molar-refractivity contribution is 0.0955. The quantitative estimate of drug-likeness (QED) is 0.566. The van der Waals surface area contributed by atoms with Crippen molar-refractivity contribution in [3.8, 4) is 0 Å². The zero-order chi connectivity index (χ0) is 18.5. The van der Waals surface area contributed by atoms with Crippen LogP contribution in [0.15, 0.2) is 59.7 Å². The van der Waals surface area contributed by atoms with Crippen molar-refractivity contribution in [2.24, 2.45) is 5.10 Å². The van der Waals surface area contributed by atoms with Gasteiger partial charge in [0.2, 0.25) is 0 Å². The summed E-state index contributed by atoms with van der Waals surface area (Å²) in [6, 6.07) is 17.4. The van der Waals surface area contributed by atoms with Gasteiger partial charge in [0.05, 0.1) is 18.5 Å². The van der Waals surface area contributed by atoms with E-state index in [1.54, 1.807) is 12.3 Å². The fourth-order valence-corrected chi connectivity index (χ4v) is 2.78. The van der Waals surface area contributed by atoms with Gasteiger partial charge in [0.15, 0.2) is 0 Å². The Balaban J connectivity index is 1.68. The van der Waals surface area contributed by atoms with Gasteiger partial charge in [0, 0.05) is 11.3 Å². The van der Waals surface area contributed by atoms with E-state index in [0.29, 0.717) is 12.1 Å². The van der Waals surface area contributed by atoms with E-state index in [4.69, 9.17) is 0 Å². The molecule has 1 heterocycles. The number of rotatable bonds is 5. The second kappa shape index (κ2) is 7.78. The number of nitrogens with one attached hydrogen (secondary N) is 1. The molecule has 3 rings (SSSR count). The van der Waals surface area contributed by atoms with Crippen molar-refractivity contribution in [2.75, 3.05) is 0 Å². The summed E-state index contributed by atoms with van der Waals surface area (Å²) in [5.74, 6) is -0.231. The van der Waals surface area contributed by atoms with Crippen molar-refractivity contribution < 1.29 is 4.79 Å². The minimum absolute atomic E-state index is 0.231. The summed E-state index contributed by atoms with van der Waals surface area (Å²) in [6.45, 7) is 6.63. The number of hydrazone groups is 1. The molecule has 2 aromatic carbocycles. The number of nitrogens with zero attached hydrogens (tertiary/aromatic N) is 3. The molecular weight excluding hydrogens is 324 g/mol. The van der Waals surface area contributed by atoms with E-state index in [9.17, 15) is 4.79 Å². The van der Waals surface area contributed by atoms with Crippen LogP contribution in [0.2, 0.25) is 0 Å². The smallest absolute Gasteiger partial charge is 0.267 e. The maximum absolute atomic E-state index is 12.3. The third-order valence-corrected chi connectivity index (χ3v) is 4.18. The number of hydrogen-bond acceptors (Lipinski definition) is 3. The summed E-state index contributed by atoms with van der Waals surface area (Å²) < 4.78 is 1.93. The number of carbonyl (C=O) groups is 1. The fourth-order valence-electron chi connectivity index (χ4n) is 2.78. The highest BCUT2D eigenvalue weighted by molar-refractivity contribution is 5.95. The molecule has 1 aromatic heterocycles. The van der Waals surface area contributed by atoms with E-state index in [-0.39, 0.29) is 5.91 Å². The average Bonchev–Trinajstić information content (AvgIpc) is 2.94. The molecule has 3 aromatic rings. The largest absolute Gasteiger partial charge is 0.271 e. The van der Waals surface area contributed by atoms with Crippen LogP contribution in [0.3, 0.4) is 0 Å². The van der Waals surface area contributed by atoms with Crippen LogP contribution in [0.4, 0.5) is 0 Å². The molecule has 0 atom stereocenters. The molecule has 0 spiro atoms. The highest BCUT2D eigenvalue weighted by atomic mass is 16.2. The molecule has 0 saturated heterocycles. The Hall–Kier alpha value is -3.21. The van der Waals surface area contributed by atoms with Crippen molar-refractivity contribution in [3.63, 3.8) is 0 Å². The van der Waals surface area contributed by atoms with E-state index in [1.165, 1.54) is 0 Å². The van der Waals surface area contributed by atoms with Gasteiger partial charge in [0.1, 0.15) is 0 Å². The van der Waals surface area contributed by atoms with Crippen molar-refractivity contribution in [1.29, 1.82) is 0 Å². The first-order chi connectivity index (χ1) is 12.5. The van der Waals surface area contributed by atoms with Gasteiger partial charge >= 0.3 is 0 Å².